The zero-order valence-corrected chi connectivity index (χ0v) is 16.9. The van der Waals surface area contributed by atoms with Gasteiger partial charge in [-0.15, -0.1) is 0 Å². The smallest absolute Gasteiger partial charge is 0.231 e. The second-order valence-corrected chi connectivity index (χ2v) is 8.34. The number of aliphatic hydroxyl groups is 4. The standard InChI is InChI=1S/C20H25NO7S/c1-11-8-13(12-4-3-5-14(9-12)29(21)26)6-7-15(11)27-19-20(2,25)18(24)17(23)16(10-22)28-19/h3-9,16-19,22-25H,10,21H2,1-2H3/t16?,17-,18?,19+,20+,29?/m1/s1. The van der Waals surface area contributed by atoms with Crippen molar-refractivity contribution in [2.45, 2.75) is 48.9 Å². The Morgan fingerprint density at radius 2 is 1.90 bits per heavy atom. The first-order valence-corrected chi connectivity index (χ1v) is 10.2. The van der Waals surface area contributed by atoms with Gasteiger partial charge in [0.1, 0.15) is 35.0 Å². The molecule has 1 aliphatic heterocycles. The number of hydrogen-bond donors (Lipinski definition) is 5. The Morgan fingerprint density at radius 3 is 2.52 bits per heavy atom. The largest absolute Gasteiger partial charge is 0.461 e. The lowest BCUT2D eigenvalue weighted by Crippen LogP contribution is -2.66. The molecule has 2 aromatic rings. The highest BCUT2D eigenvalue weighted by atomic mass is 32.2. The molecule has 29 heavy (non-hydrogen) atoms. The minimum absolute atomic E-state index is 0.401. The summed E-state index contributed by atoms with van der Waals surface area (Å²) in [5.41, 5.74) is 0.510. The molecule has 1 fully saturated rings. The third-order valence-electron chi connectivity index (χ3n) is 5.07. The topological polar surface area (TPSA) is 142 Å². The first-order valence-electron chi connectivity index (χ1n) is 9.04. The van der Waals surface area contributed by atoms with Crippen LogP contribution in [0.15, 0.2) is 47.4 Å². The van der Waals surface area contributed by atoms with Crippen LogP contribution in [-0.2, 0) is 15.7 Å². The van der Waals surface area contributed by atoms with Crippen LogP contribution in [0.4, 0.5) is 0 Å². The minimum atomic E-state index is -1.89. The zero-order valence-electron chi connectivity index (χ0n) is 16.1. The molecule has 158 valence electrons. The molecule has 3 rings (SSSR count). The summed E-state index contributed by atoms with van der Waals surface area (Å²) in [6.45, 7) is 2.56. The predicted octanol–water partition coefficient (Wildman–Crippen LogP) is 0.212. The van der Waals surface area contributed by atoms with Crippen LogP contribution >= 0.6 is 0 Å². The van der Waals surface area contributed by atoms with E-state index in [2.05, 4.69) is 0 Å². The number of aryl methyl sites for hydroxylation is 1. The number of rotatable bonds is 5. The van der Waals surface area contributed by atoms with Gasteiger partial charge in [0.2, 0.25) is 6.29 Å². The van der Waals surface area contributed by atoms with Crippen molar-refractivity contribution in [2.75, 3.05) is 6.61 Å². The predicted molar refractivity (Wildman–Crippen MR) is 106 cm³/mol. The highest BCUT2D eigenvalue weighted by Crippen LogP contribution is 2.34. The lowest BCUT2D eigenvalue weighted by atomic mass is 9.88. The zero-order chi connectivity index (χ0) is 21.3. The van der Waals surface area contributed by atoms with E-state index in [9.17, 15) is 24.6 Å². The SMILES string of the molecule is Cc1cc(-c2cccc(S(N)=O)c2)ccc1O[C@H]1OC(CO)[C@@H](O)C(O)[C@]1(C)O. The molecule has 0 spiro atoms. The van der Waals surface area contributed by atoms with Gasteiger partial charge in [-0.1, -0.05) is 18.2 Å². The molecule has 0 amide bonds. The van der Waals surface area contributed by atoms with Crippen LogP contribution in [0.5, 0.6) is 5.75 Å². The van der Waals surface area contributed by atoms with E-state index < -0.39 is 47.8 Å². The first-order chi connectivity index (χ1) is 13.6. The van der Waals surface area contributed by atoms with E-state index in [0.717, 1.165) is 16.7 Å². The summed E-state index contributed by atoms with van der Waals surface area (Å²) in [4.78, 5) is 0.509. The second-order valence-electron chi connectivity index (χ2n) is 7.27. The lowest BCUT2D eigenvalue weighted by Gasteiger charge is -2.45. The third kappa shape index (κ3) is 4.36. The molecule has 1 heterocycles. The van der Waals surface area contributed by atoms with E-state index in [0.29, 0.717) is 10.6 Å². The van der Waals surface area contributed by atoms with Gasteiger partial charge < -0.3 is 29.9 Å². The van der Waals surface area contributed by atoms with E-state index >= 15 is 0 Å². The average molecular weight is 423 g/mol. The molecule has 6 N–H and O–H groups in total. The van der Waals surface area contributed by atoms with Crippen LogP contribution in [0.3, 0.4) is 0 Å². The Hall–Kier alpha value is -1.85. The molecule has 0 aliphatic carbocycles. The van der Waals surface area contributed by atoms with Gasteiger partial charge in [-0.25, -0.2) is 9.35 Å². The van der Waals surface area contributed by atoms with Gasteiger partial charge in [0.05, 0.1) is 11.5 Å². The van der Waals surface area contributed by atoms with Gasteiger partial charge in [-0.2, -0.15) is 0 Å². The van der Waals surface area contributed by atoms with E-state index in [1.807, 2.05) is 12.1 Å². The number of benzene rings is 2. The normalized spacial score (nSPS) is 30.7. The first kappa shape index (κ1) is 21.8. The van der Waals surface area contributed by atoms with Crippen molar-refractivity contribution in [3.05, 3.63) is 48.0 Å². The van der Waals surface area contributed by atoms with Crippen molar-refractivity contribution in [3.63, 3.8) is 0 Å². The summed E-state index contributed by atoms with van der Waals surface area (Å²) in [7, 11) is -1.58. The number of hydrogen-bond acceptors (Lipinski definition) is 7. The van der Waals surface area contributed by atoms with Crippen molar-refractivity contribution in [1.29, 1.82) is 0 Å². The van der Waals surface area contributed by atoms with Crippen molar-refractivity contribution >= 4 is 11.0 Å². The molecule has 1 aliphatic rings. The molecule has 0 radical (unpaired) electrons. The van der Waals surface area contributed by atoms with Gasteiger partial charge in [0.25, 0.3) is 0 Å². The van der Waals surface area contributed by atoms with Gasteiger partial charge in [-0.3, -0.25) is 0 Å². The molecule has 0 bridgehead atoms. The Bertz CT molecular complexity index is 904. The summed E-state index contributed by atoms with van der Waals surface area (Å²) >= 11 is 0. The lowest BCUT2D eigenvalue weighted by molar-refractivity contribution is -0.314. The maximum Gasteiger partial charge on any atom is 0.231 e. The fraction of sp³-hybridized carbons (Fsp3) is 0.400. The number of ether oxygens (including phenoxy) is 2. The fourth-order valence-electron chi connectivity index (χ4n) is 3.24. The van der Waals surface area contributed by atoms with Crippen molar-refractivity contribution in [3.8, 4) is 16.9 Å². The van der Waals surface area contributed by atoms with Crippen LogP contribution in [-0.4, -0.2) is 61.4 Å². The quantitative estimate of drug-likeness (QED) is 0.463. The molecule has 1 saturated heterocycles. The molecule has 8 nitrogen and oxygen atoms in total. The van der Waals surface area contributed by atoms with Crippen LogP contribution in [0.25, 0.3) is 11.1 Å². The Morgan fingerprint density at radius 1 is 1.21 bits per heavy atom. The Balaban J connectivity index is 1.85. The highest BCUT2D eigenvalue weighted by molar-refractivity contribution is 7.82. The Kier molecular flexibility index (Phi) is 6.39. The van der Waals surface area contributed by atoms with Gasteiger partial charge in [0.15, 0.2) is 5.60 Å². The number of nitrogens with two attached hydrogens (primary N) is 1. The molecular weight excluding hydrogens is 398 g/mol. The molecule has 0 aromatic heterocycles. The minimum Gasteiger partial charge on any atom is -0.461 e. The molecule has 2 aromatic carbocycles. The summed E-state index contributed by atoms with van der Waals surface area (Å²) in [5.74, 6) is 0.401. The maximum absolute atomic E-state index is 11.5. The second kappa shape index (κ2) is 8.49. The van der Waals surface area contributed by atoms with E-state index in [1.165, 1.54) is 6.92 Å². The summed E-state index contributed by atoms with van der Waals surface area (Å²) < 4.78 is 22.8. The summed E-state index contributed by atoms with van der Waals surface area (Å²) in [6.07, 6.45) is -5.39. The molecular formula is C20H25NO7S. The van der Waals surface area contributed by atoms with Crippen molar-refractivity contribution in [1.82, 2.24) is 0 Å². The molecule has 0 saturated carbocycles. The van der Waals surface area contributed by atoms with E-state index in [4.69, 9.17) is 14.6 Å². The molecule has 6 atom stereocenters. The maximum atomic E-state index is 11.5. The van der Waals surface area contributed by atoms with Crippen molar-refractivity contribution in [2.24, 2.45) is 5.14 Å². The van der Waals surface area contributed by atoms with E-state index in [1.54, 1.807) is 37.3 Å². The van der Waals surface area contributed by atoms with Gasteiger partial charge >= 0.3 is 0 Å². The van der Waals surface area contributed by atoms with E-state index in [-0.39, 0.29) is 0 Å². The monoisotopic (exact) mass is 423 g/mol. The summed E-state index contributed by atoms with van der Waals surface area (Å²) in [5, 5.41) is 45.5. The summed E-state index contributed by atoms with van der Waals surface area (Å²) in [6, 6.07) is 12.4. The van der Waals surface area contributed by atoms with Crippen molar-refractivity contribution < 1.29 is 34.1 Å². The van der Waals surface area contributed by atoms with Gasteiger partial charge in [0, 0.05) is 0 Å². The fourth-order valence-corrected chi connectivity index (χ4v) is 3.70. The third-order valence-corrected chi connectivity index (χ3v) is 5.79. The Labute approximate surface area is 171 Å². The molecule has 9 heteroatoms. The van der Waals surface area contributed by atoms with Crippen LogP contribution in [0.2, 0.25) is 0 Å². The average Bonchev–Trinajstić information content (AvgIpc) is 2.70. The van der Waals surface area contributed by atoms with Crippen LogP contribution in [0.1, 0.15) is 12.5 Å². The van der Waals surface area contributed by atoms with Crippen LogP contribution in [0, 0.1) is 6.92 Å². The number of aliphatic hydroxyl groups excluding tert-OH is 3. The molecule has 3 unspecified atom stereocenters. The van der Waals surface area contributed by atoms with Gasteiger partial charge in [-0.05, 0) is 54.8 Å². The highest BCUT2D eigenvalue weighted by Gasteiger charge is 2.53. The van der Waals surface area contributed by atoms with Crippen LogP contribution < -0.4 is 9.88 Å².